The van der Waals surface area contributed by atoms with Crippen molar-refractivity contribution in [1.82, 2.24) is 4.98 Å². The van der Waals surface area contributed by atoms with Gasteiger partial charge in [0.1, 0.15) is 0 Å². The normalized spacial score (nSPS) is 10.4. The quantitative estimate of drug-likeness (QED) is 0.772. The van der Waals surface area contributed by atoms with E-state index in [0.29, 0.717) is 16.2 Å². The van der Waals surface area contributed by atoms with Gasteiger partial charge in [-0.2, -0.15) is 0 Å². The van der Waals surface area contributed by atoms with Crippen molar-refractivity contribution < 1.29 is 9.53 Å². The summed E-state index contributed by atoms with van der Waals surface area (Å²) in [6, 6.07) is 6.63. The Kier molecular flexibility index (Phi) is 2.66. The Labute approximate surface area is 97.0 Å². The lowest BCUT2D eigenvalue weighted by Crippen LogP contribution is -2.05. The van der Waals surface area contributed by atoms with Crippen LogP contribution in [0.15, 0.2) is 24.3 Å². The molecule has 0 amide bonds. The Morgan fingerprint density at radius 3 is 2.88 bits per heavy atom. The molecule has 0 atom stereocenters. The van der Waals surface area contributed by atoms with Crippen LogP contribution in [0.4, 0.5) is 5.69 Å². The fraction of sp³-hybridized carbons (Fsp3) is 0.0909. The highest BCUT2D eigenvalue weighted by Gasteiger charge is 2.10. The smallest absolute Gasteiger partial charge is 0.356 e. The van der Waals surface area contributed by atoms with Crippen molar-refractivity contribution in [1.29, 1.82) is 0 Å². The van der Waals surface area contributed by atoms with Crippen molar-refractivity contribution in [3.63, 3.8) is 0 Å². The number of carbonyl (C=O) groups excluding carboxylic acids is 1. The number of rotatable bonds is 1. The lowest BCUT2D eigenvalue weighted by molar-refractivity contribution is 0.0594. The number of anilines is 1. The highest BCUT2D eigenvalue weighted by Crippen LogP contribution is 2.23. The average Bonchev–Trinajstić information content (AvgIpc) is 2.27. The van der Waals surface area contributed by atoms with Crippen LogP contribution in [0.3, 0.4) is 0 Å². The number of esters is 1. The van der Waals surface area contributed by atoms with Gasteiger partial charge >= 0.3 is 5.97 Å². The van der Waals surface area contributed by atoms with E-state index in [-0.39, 0.29) is 5.69 Å². The summed E-state index contributed by atoms with van der Waals surface area (Å²) in [5.41, 5.74) is 7.04. The van der Waals surface area contributed by atoms with Crippen LogP contribution in [0.25, 0.3) is 10.9 Å². The monoisotopic (exact) mass is 236 g/mol. The largest absolute Gasteiger partial charge is 0.464 e. The van der Waals surface area contributed by atoms with E-state index in [1.165, 1.54) is 13.2 Å². The number of nitrogen functional groups attached to an aromatic ring is 1. The van der Waals surface area contributed by atoms with Crippen molar-refractivity contribution in [2.75, 3.05) is 12.8 Å². The summed E-state index contributed by atoms with van der Waals surface area (Å²) in [6.07, 6.45) is 0. The fourth-order valence-electron chi connectivity index (χ4n) is 1.44. The minimum absolute atomic E-state index is 0.176. The molecule has 82 valence electrons. The fourth-order valence-corrected chi connectivity index (χ4v) is 1.60. The summed E-state index contributed by atoms with van der Waals surface area (Å²) in [7, 11) is 1.29. The van der Waals surface area contributed by atoms with Crippen LogP contribution in [0, 0.1) is 0 Å². The first kappa shape index (κ1) is 10.7. The van der Waals surface area contributed by atoms with Gasteiger partial charge in [-0.1, -0.05) is 11.6 Å². The maximum Gasteiger partial charge on any atom is 0.356 e. The van der Waals surface area contributed by atoms with Crippen molar-refractivity contribution in [2.24, 2.45) is 0 Å². The molecule has 0 spiro atoms. The third-order valence-electron chi connectivity index (χ3n) is 2.20. The van der Waals surface area contributed by atoms with Gasteiger partial charge in [-0.05, 0) is 24.3 Å². The van der Waals surface area contributed by atoms with Gasteiger partial charge in [-0.25, -0.2) is 9.78 Å². The summed E-state index contributed by atoms with van der Waals surface area (Å²) in [5.74, 6) is -0.520. The van der Waals surface area contributed by atoms with E-state index in [1.807, 2.05) is 0 Å². The van der Waals surface area contributed by atoms with Crippen LogP contribution in [-0.4, -0.2) is 18.1 Å². The molecule has 0 saturated heterocycles. The molecule has 0 aliphatic rings. The summed E-state index contributed by atoms with van der Waals surface area (Å²) >= 11 is 5.84. The summed E-state index contributed by atoms with van der Waals surface area (Å²) < 4.78 is 4.58. The predicted octanol–water partition coefficient (Wildman–Crippen LogP) is 2.26. The van der Waals surface area contributed by atoms with Gasteiger partial charge in [0.15, 0.2) is 5.69 Å². The summed E-state index contributed by atoms with van der Waals surface area (Å²) in [5, 5.41) is 1.30. The number of nitrogens with zero attached hydrogens (tertiary/aromatic N) is 1. The van der Waals surface area contributed by atoms with E-state index in [9.17, 15) is 4.79 Å². The molecular weight excluding hydrogens is 228 g/mol. The number of fused-ring (bicyclic) bond motifs is 1. The number of halogens is 1. The number of pyridine rings is 1. The number of hydrogen-bond acceptors (Lipinski definition) is 4. The lowest BCUT2D eigenvalue weighted by atomic mass is 10.1. The van der Waals surface area contributed by atoms with E-state index in [0.717, 1.165) is 5.39 Å². The van der Waals surface area contributed by atoms with Crippen LogP contribution in [0.2, 0.25) is 5.02 Å². The minimum atomic E-state index is -0.520. The van der Waals surface area contributed by atoms with E-state index in [1.54, 1.807) is 18.2 Å². The summed E-state index contributed by atoms with van der Waals surface area (Å²) in [6.45, 7) is 0. The second-order valence-electron chi connectivity index (χ2n) is 3.25. The zero-order valence-corrected chi connectivity index (χ0v) is 9.28. The van der Waals surface area contributed by atoms with Crippen LogP contribution in [0.1, 0.15) is 10.5 Å². The van der Waals surface area contributed by atoms with Crippen LogP contribution in [0.5, 0.6) is 0 Å². The van der Waals surface area contributed by atoms with Gasteiger partial charge in [-0.3, -0.25) is 0 Å². The van der Waals surface area contributed by atoms with Crippen molar-refractivity contribution >= 4 is 34.2 Å². The molecule has 16 heavy (non-hydrogen) atoms. The van der Waals surface area contributed by atoms with Gasteiger partial charge in [0.05, 0.1) is 12.6 Å². The lowest BCUT2D eigenvalue weighted by Gasteiger charge is -2.05. The molecule has 4 nitrogen and oxygen atoms in total. The molecule has 0 bridgehead atoms. The molecule has 2 aromatic rings. The Bertz CT molecular complexity index is 569. The Morgan fingerprint density at radius 1 is 1.44 bits per heavy atom. The highest BCUT2D eigenvalue weighted by atomic mass is 35.5. The second-order valence-corrected chi connectivity index (χ2v) is 3.69. The molecule has 0 aliphatic carbocycles. The molecular formula is C11H9ClN2O2. The maximum atomic E-state index is 11.3. The molecule has 0 aliphatic heterocycles. The number of aromatic nitrogens is 1. The van der Waals surface area contributed by atoms with E-state index < -0.39 is 5.97 Å². The Balaban J connectivity index is 2.69. The van der Waals surface area contributed by atoms with Gasteiger partial charge < -0.3 is 10.5 Å². The molecule has 1 aromatic heterocycles. The third-order valence-corrected chi connectivity index (χ3v) is 2.43. The summed E-state index contributed by atoms with van der Waals surface area (Å²) in [4.78, 5) is 15.4. The van der Waals surface area contributed by atoms with Crippen molar-refractivity contribution in [3.8, 4) is 0 Å². The number of benzene rings is 1. The molecule has 0 unspecified atom stereocenters. The number of methoxy groups -OCH3 is 1. The maximum absolute atomic E-state index is 11.3. The predicted molar refractivity (Wildman–Crippen MR) is 62.5 cm³/mol. The zero-order valence-electron chi connectivity index (χ0n) is 8.53. The number of hydrogen-bond donors (Lipinski definition) is 1. The molecule has 2 N–H and O–H groups in total. The standard InChI is InChI=1S/C11H9ClN2O2/c1-16-11(15)10-5-8(13)7-3-2-6(12)4-9(7)14-10/h2-5H,1H3,(H2,13,14). The number of nitrogens with two attached hydrogens (primary N) is 1. The van der Waals surface area contributed by atoms with Crippen LogP contribution in [-0.2, 0) is 4.74 Å². The van der Waals surface area contributed by atoms with Crippen molar-refractivity contribution in [2.45, 2.75) is 0 Å². The minimum Gasteiger partial charge on any atom is -0.464 e. The molecule has 5 heteroatoms. The highest BCUT2D eigenvalue weighted by molar-refractivity contribution is 6.31. The van der Waals surface area contributed by atoms with E-state index in [4.69, 9.17) is 17.3 Å². The third kappa shape index (κ3) is 1.79. The van der Waals surface area contributed by atoms with E-state index >= 15 is 0 Å². The second kappa shape index (κ2) is 3.98. The van der Waals surface area contributed by atoms with Gasteiger partial charge in [0.2, 0.25) is 0 Å². The number of ether oxygens (including phenoxy) is 1. The molecule has 0 radical (unpaired) electrons. The molecule has 2 rings (SSSR count). The van der Waals surface area contributed by atoms with Gasteiger partial charge in [-0.15, -0.1) is 0 Å². The zero-order chi connectivity index (χ0) is 11.7. The molecule has 1 aromatic carbocycles. The average molecular weight is 237 g/mol. The van der Waals surface area contributed by atoms with Crippen molar-refractivity contribution in [3.05, 3.63) is 35.0 Å². The first-order valence-corrected chi connectivity index (χ1v) is 4.93. The van der Waals surface area contributed by atoms with Gasteiger partial charge in [0.25, 0.3) is 0 Å². The topological polar surface area (TPSA) is 65.2 Å². The molecule has 0 fully saturated rings. The van der Waals surface area contributed by atoms with Gasteiger partial charge in [0, 0.05) is 16.1 Å². The Morgan fingerprint density at radius 2 is 2.19 bits per heavy atom. The first-order chi connectivity index (χ1) is 7.61. The molecule has 1 heterocycles. The number of carbonyl (C=O) groups is 1. The van der Waals surface area contributed by atoms with E-state index in [2.05, 4.69) is 9.72 Å². The van der Waals surface area contributed by atoms with Crippen LogP contribution >= 0.6 is 11.6 Å². The van der Waals surface area contributed by atoms with Crippen LogP contribution < -0.4 is 5.73 Å². The SMILES string of the molecule is COC(=O)c1cc(N)c2ccc(Cl)cc2n1. The Hall–Kier alpha value is -1.81. The molecule has 0 saturated carbocycles. The first-order valence-electron chi connectivity index (χ1n) is 4.56.